The second-order valence-electron chi connectivity index (χ2n) is 5.23. The molecular weight excluding hydrogens is 364 g/mol. The number of benzene rings is 2. The van der Waals surface area contributed by atoms with E-state index in [4.69, 9.17) is 16.3 Å². The summed E-state index contributed by atoms with van der Waals surface area (Å²) in [4.78, 5) is 12.1. The number of ether oxygens (including phenoxy) is 1. The van der Waals surface area contributed by atoms with E-state index in [0.29, 0.717) is 16.5 Å². The number of sulfonamides is 1. The van der Waals surface area contributed by atoms with Crippen LogP contribution in [0.4, 0.5) is 5.69 Å². The van der Waals surface area contributed by atoms with E-state index in [1.54, 1.807) is 54.6 Å². The van der Waals surface area contributed by atoms with Gasteiger partial charge in [-0.15, -0.1) is 0 Å². The monoisotopic (exact) mass is 382 g/mol. The summed E-state index contributed by atoms with van der Waals surface area (Å²) < 4.78 is 30.4. The number of carbonyl (C=O) groups excluding carboxylic acids is 1. The summed E-state index contributed by atoms with van der Waals surface area (Å²) in [6, 6.07) is 15.5. The van der Waals surface area contributed by atoms with Crippen LogP contribution in [0.15, 0.2) is 54.6 Å². The van der Waals surface area contributed by atoms with Gasteiger partial charge in [-0.25, -0.2) is 8.42 Å². The Bertz CT molecular complexity index is 812. The predicted molar refractivity (Wildman–Crippen MR) is 98.6 cm³/mol. The highest BCUT2D eigenvalue weighted by Crippen LogP contribution is 2.22. The van der Waals surface area contributed by atoms with Crippen molar-refractivity contribution in [1.29, 1.82) is 0 Å². The number of nitrogens with zero attached hydrogens (tertiary/aromatic N) is 1. The topological polar surface area (TPSA) is 75.7 Å². The molecule has 0 aliphatic carbocycles. The van der Waals surface area contributed by atoms with Gasteiger partial charge in [0, 0.05) is 0 Å². The van der Waals surface area contributed by atoms with Gasteiger partial charge in [0.1, 0.15) is 18.9 Å². The minimum atomic E-state index is -3.57. The van der Waals surface area contributed by atoms with Gasteiger partial charge in [0.25, 0.3) is 0 Å². The zero-order valence-corrected chi connectivity index (χ0v) is 15.3. The third-order valence-corrected chi connectivity index (χ3v) is 4.70. The quantitative estimate of drug-likeness (QED) is 0.711. The van der Waals surface area contributed by atoms with Crippen LogP contribution in [0.1, 0.15) is 0 Å². The molecule has 1 N–H and O–H groups in total. The second-order valence-corrected chi connectivity index (χ2v) is 7.55. The SMILES string of the molecule is CS(=O)(=O)N(CC(=O)NCCOc1ccccc1Cl)c1ccccc1. The van der Waals surface area contributed by atoms with Crippen molar-refractivity contribution in [1.82, 2.24) is 5.32 Å². The molecule has 6 nitrogen and oxygen atoms in total. The fraction of sp³-hybridized carbons (Fsp3) is 0.235. The van der Waals surface area contributed by atoms with Crippen LogP contribution in [0.5, 0.6) is 5.75 Å². The molecule has 0 unspecified atom stereocenters. The lowest BCUT2D eigenvalue weighted by molar-refractivity contribution is -0.119. The largest absolute Gasteiger partial charge is 0.490 e. The summed E-state index contributed by atoms with van der Waals surface area (Å²) in [7, 11) is -3.57. The van der Waals surface area contributed by atoms with E-state index in [0.717, 1.165) is 10.6 Å². The van der Waals surface area contributed by atoms with Crippen LogP contribution in [0.2, 0.25) is 5.02 Å². The Balaban J connectivity index is 1.87. The number of hydrogen-bond acceptors (Lipinski definition) is 4. The Hall–Kier alpha value is -2.25. The lowest BCUT2D eigenvalue weighted by atomic mass is 10.3. The van der Waals surface area contributed by atoms with E-state index in [2.05, 4.69) is 5.32 Å². The summed E-state index contributed by atoms with van der Waals surface area (Å²) in [5.74, 6) is 0.109. The molecule has 8 heteroatoms. The molecule has 0 spiro atoms. The maximum Gasteiger partial charge on any atom is 0.240 e. The molecule has 1 amide bonds. The Morgan fingerprint density at radius 3 is 2.40 bits per heavy atom. The highest BCUT2D eigenvalue weighted by Gasteiger charge is 2.20. The first kappa shape index (κ1) is 19.1. The number of halogens is 1. The highest BCUT2D eigenvalue weighted by atomic mass is 35.5. The van der Waals surface area contributed by atoms with Gasteiger partial charge < -0.3 is 10.1 Å². The number of carbonyl (C=O) groups is 1. The van der Waals surface area contributed by atoms with Crippen LogP contribution in [0.25, 0.3) is 0 Å². The molecule has 0 fully saturated rings. The summed E-state index contributed by atoms with van der Waals surface area (Å²) in [5.41, 5.74) is 0.437. The molecule has 0 atom stereocenters. The predicted octanol–water partition coefficient (Wildman–Crippen LogP) is 2.30. The summed E-state index contributed by atoms with van der Waals surface area (Å²) in [6.07, 6.45) is 1.06. The highest BCUT2D eigenvalue weighted by molar-refractivity contribution is 7.92. The fourth-order valence-corrected chi connectivity index (χ4v) is 3.14. The van der Waals surface area contributed by atoms with E-state index in [-0.39, 0.29) is 19.7 Å². The smallest absolute Gasteiger partial charge is 0.240 e. The lowest BCUT2D eigenvalue weighted by Crippen LogP contribution is -2.41. The van der Waals surface area contributed by atoms with Gasteiger partial charge in [0.15, 0.2) is 0 Å². The summed E-state index contributed by atoms with van der Waals surface area (Å²) in [5, 5.41) is 3.12. The van der Waals surface area contributed by atoms with E-state index >= 15 is 0 Å². The zero-order valence-electron chi connectivity index (χ0n) is 13.7. The summed E-state index contributed by atoms with van der Waals surface area (Å²) in [6.45, 7) is 0.158. The van der Waals surface area contributed by atoms with E-state index in [9.17, 15) is 13.2 Å². The molecule has 0 saturated heterocycles. The van der Waals surface area contributed by atoms with Crippen molar-refractivity contribution in [3.63, 3.8) is 0 Å². The Labute approximate surface area is 152 Å². The van der Waals surface area contributed by atoms with Crippen LogP contribution < -0.4 is 14.4 Å². The third-order valence-electron chi connectivity index (χ3n) is 3.25. The first-order valence-corrected chi connectivity index (χ1v) is 9.77. The van der Waals surface area contributed by atoms with Crippen molar-refractivity contribution in [3.8, 4) is 5.75 Å². The van der Waals surface area contributed by atoms with Crippen molar-refractivity contribution >= 4 is 33.2 Å². The molecule has 2 aromatic carbocycles. The van der Waals surface area contributed by atoms with E-state index in [1.165, 1.54) is 0 Å². The minimum absolute atomic E-state index is 0.222. The van der Waals surface area contributed by atoms with E-state index in [1.807, 2.05) is 0 Å². The molecule has 0 aliphatic rings. The van der Waals surface area contributed by atoms with Gasteiger partial charge in [0.05, 0.1) is 23.5 Å². The number of amides is 1. The van der Waals surface area contributed by atoms with Crippen LogP contribution >= 0.6 is 11.6 Å². The van der Waals surface area contributed by atoms with Gasteiger partial charge in [-0.2, -0.15) is 0 Å². The van der Waals surface area contributed by atoms with Gasteiger partial charge in [-0.1, -0.05) is 41.9 Å². The van der Waals surface area contributed by atoms with Crippen LogP contribution in [0.3, 0.4) is 0 Å². The zero-order chi connectivity index (χ0) is 18.3. The van der Waals surface area contributed by atoms with Gasteiger partial charge in [-0.05, 0) is 24.3 Å². The molecule has 0 heterocycles. The number of rotatable bonds is 8. The molecule has 0 aliphatic heterocycles. The number of nitrogens with one attached hydrogen (secondary N) is 1. The average Bonchev–Trinajstić information content (AvgIpc) is 2.58. The van der Waals surface area contributed by atoms with Crippen LogP contribution in [0, 0.1) is 0 Å². The molecule has 0 saturated carbocycles. The van der Waals surface area contributed by atoms with Crippen molar-refractivity contribution in [3.05, 3.63) is 59.6 Å². The second kappa shape index (κ2) is 8.73. The Morgan fingerprint density at radius 1 is 1.12 bits per heavy atom. The van der Waals surface area contributed by atoms with Crippen molar-refractivity contribution in [2.75, 3.05) is 30.3 Å². The maximum atomic E-state index is 12.1. The van der Waals surface area contributed by atoms with Crippen molar-refractivity contribution in [2.45, 2.75) is 0 Å². The summed E-state index contributed by atoms with van der Waals surface area (Å²) >= 11 is 5.97. The molecular formula is C17H19ClN2O4S. The lowest BCUT2D eigenvalue weighted by Gasteiger charge is -2.21. The molecule has 134 valence electrons. The fourth-order valence-electron chi connectivity index (χ4n) is 2.09. The number of hydrogen-bond donors (Lipinski definition) is 1. The number of para-hydroxylation sites is 2. The normalized spacial score (nSPS) is 11.0. The van der Waals surface area contributed by atoms with Gasteiger partial charge in [0.2, 0.25) is 15.9 Å². The first-order valence-electron chi connectivity index (χ1n) is 7.55. The Morgan fingerprint density at radius 2 is 1.76 bits per heavy atom. The standard InChI is InChI=1S/C17H19ClN2O4S/c1-25(22,23)20(14-7-3-2-4-8-14)13-17(21)19-11-12-24-16-10-6-5-9-15(16)18/h2-10H,11-13H2,1H3,(H,19,21). The van der Waals surface area contributed by atoms with Gasteiger partial charge in [-0.3, -0.25) is 9.10 Å². The van der Waals surface area contributed by atoms with Crippen molar-refractivity contribution in [2.24, 2.45) is 0 Å². The molecule has 25 heavy (non-hydrogen) atoms. The Kier molecular flexibility index (Phi) is 6.66. The van der Waals surface area contributed by atoms with Crippen LogP contribution in [-0.4, -0.2) is 40.3 Å². The molecule has 0 aromatic heterocycles. The first-order chi connectivity index (χ1) is 11.9. The van der Waals surface area contributed by atoms with Gasteiger partial charge >= 0.3 is 0 Å². The molecule has 0 bridgehead atoms. The average molecular weight is 383 g/mol. The minimum Gasteiger partial charge on any atom is -0.490 e. The number of anilines is 1. The molecule has 2 rings (SSSR count). The molecule has 2 aromatic rings. The van der Waals surface area contributed by atoms with E-state index < -0.39 is 15.9 Å². The third kappa shape index (κ3) is 5.95. The van der Waals surface area contributed by atoms with Crippen LogP contribution in [-0.2, 0) is 14.8 Å². The van der Waals surface area contributed by atoms with Crippen molar-refractivity contribution < 1.29 is 17.9 Å². The maximum absolute atomic E-state index is 12.1. The molecule has 0 radical (unpaired) electrons.